The molecule has 0 saturated heterocycles. The Morgan fingerprint density at radius 2 is 1.86 bits per heavy atom. The largest absolute Gasteiger partial charge is 0.0985 e. The summed E-state index contributed by atoms with van der Waals surface area (Å²) in [6.07, 6.45) is 7.40. The van der Waals surface area contributed by atoms with E-state index in [2.05, 4.69) is 37.8 Å². The average Bonchev–Trinajstić information content (AvgIpc) is 2.66. The summed E-state index contributed by atoms with van der Waals surface area (Å²) in [5.41, 5.74) is 3.22. The van der Waals surface area contributed by atoms with Crippen LogP contribution < -0.4 is 0 Å². The fraction of sp³-hybridized carbons (Fsp3) is 0.429. The Morgan fingerprint density at radius 3 is 2.50 bits per heavy atom. The lowest BCUT2D eigenvalue weighted by Gasteiger charge is -2.26. The lowest BCUT2D eigenvalue weighted by atomic mass is 9.78. The van der Waals surface area contributed by atoms with E-state index in [0.717, 1.165) is 0 Å². The van der Waals surface area contributed by atoms with Crippen LogP contribution in [0.25, 0.3) is 6.08 Å². The molecule has 0 radical (unpaired) electrons. The van der Waals surface area contributed by atoms with Crippen molar-refractivity contribution in [1.82, 2.24) is 0 Å². The lowest BCUT2D eigenvalue weighted by Crippen LogP contribution is -2.17. The van der Waals surface area contributed by atoms with Crippen molar-refractivity contribution < 1.29 is 0 Å². The smallest absolute Gasteiger partial charge is 0.00693 e. The molecule has 74 valence electrons. The van der Waals surface area contributed by atoms with Crippen LogP contribution in [0.5, 0.6) is 0 Å². The Bertz CT molecular complexity index is 330. The fourth-order valence-corrected chi connectivity index (χ4v) is 2.65. The quantitative estimate of drug-likeness (QED) is 0.650. The average molecular weight is 186 g/mol. The van der Waals surface area contributed by atoms with Crippen LogP contribution in [0.15, 0.2) is 30.8 Å². The highest BCUT2D eigenvalue weighted by Gasteiger charge is 2.31. The molecule has 1 aromatic carbocycles. The van der Waals surface area contributed by atoms with Crippen molar-refractivity contribution in [2.24, 2.45) is 0 Å². The van der Waals surface area contributed by atoms with Gasteiger partial charge in [-0.15, -0.1) is 0 Å². The molecule has 0 N–H and O–H groups in total. The Balaban J connectivity index is 2.43. The van der Waals surface area contributed by atoms with Crippen LogP contribution in [0.4, 0.5) is 0 Å². The van der Waals surface area contributed by atoms with Gasteiger partial charge in [-0.05, 0) is 29.4 Å². The van der Waals surface area contributed by atoms with E-state index in [1.54, 1.807) is 0 Å². The monoisotopic (exact) mass is 186 g/mol. The van der Waals surface area contributed by atoms with Crippen LogP contribution in [0.1, 0.15) is 43.7 Å². The second-order valence-electron chi connectivity index (χ2n) is 4.56. The number of benzene rings is 1. The molecule has 0 unspecified atom stereocenters. The van der Waals surface area contributed by atoms with Gasteiger partial charge in [0.05, 0.1) is 0 Å². The molecule has 1 aliphatic rings. The summed E-state index contributed by atoms with van der Waals surface area (Å²) in [4.78, 5) is 0. The minimum Gasteiger partial charge on any atom is -0.0985 e. The van der Waals surface area contributed by atoms with Crippen molar-refractivity contribution in [3.05, 3.63) is 42.0 Å². The molecule has 0 aliphatic heterocycles. The molecule has 2 rings (SSSR count). The van der Waals surface area contributed by atoms with Crippen molar-refractivity contribution in [3.63, 3.8) is 0 Å². The van der Waals surface area contributed by atoms with Gasteiger partial charge in [0.2, 0.25) is 0 Å². The maximum Gasteiger partial charge on any atom is -0.00693 e. The van der Waals surface area contributed by atoms with Crippen molar-refractivity contribution in [2.45, 2.75) is 38.0 Å². The Labute approximate surface area is 86.7 Å². The molecule has 1 aromatic rings. The van der Waals surface area contributed by atoms with Gasteiger partial charge < -0.3 is 0 Å². The first-order chi connectivity index (χ1) is 6.76. The Morgan fingerprint density at radius 1 is 1.21 bits per heavy atom. The van der Waals surface area contributed by atoms with E-state index >= 15 is 0 Å². The highest BCUT2D eigenvalue weighted by atomic mass is 14.4. The molecule has 0 heteroatoms. The standard InChI is InChI=1S/C14H18/c1-3-12-8-4-5-9-13(12)14(2)10-6-7-11-14/h3-5,8-9H,1,6-7,10-11H2,2H3. The van der Waals surface area contributed by atoms with E-state index < -0.39 is 0 Å². The summed E-state index contributed by atoms with van der Waals surface area (Å²) in [5, 5.41) is 0. The van der Waals surface area contributed by atoms with Crippen LogP contribution in [0, 0.1) is 0 Å². The van der Waals surface area contributed by atoms with E-state index in [9.17, 15) is 0 Å². The SMILES string of the molecule is C=Cc1ccccc1C1(C)CCCC1. The van der Waals surface area contributed by atoms with Gasteiger partial charge in [0.1, 0.15) is 0 Å². The third-order valence-corrected chi connectivity index (χ3v) is 3.54. The zero-order chi connectivity index (χ0) is 10.0. The summed E-state index contributed by atoms with van der Waals surface area (Å²) >= 11 is 0. The van der Waals surface area contributed by atoms with Crippen LogP contribution in [-0.2, 0) is 5.41 Å². The van der Waals surface area contributed by atoms with Gasteiger partial charge >= 0.3 is 0 Å². The van der Waals surface area contributed by atoms with Crippen LogP contribution in [0.2, 0.25) is 0 Å². The van der Waals surface area contributed by atoms with Gasteiger partial charge in [-0.3, -0.25) is 0 Å². The minimum absolute atomic E-state index is 0.408. The van der Waals surface area contributed by atoms with Gasteiger partial charge in [-0.1, -0.05) is 56.7 Å². The third-order valence-electron chi connectivity index (χ3n) is 3.54. The first-order valence-corrected chi connectivity index (χ1v) is 5.48. The van der Waals surface area contributed by atoms with Gasteiger partial charge in [0.25, 0.3) is 0 Å². The number of rotatable bonds is 2. The fourth-order valence-electron chi connectivity index (χ4n) is 2.65. The molecular weight excluding hydrogens is 168 g/mol. The topological polar surface area (TPSA) is 0 Å². The van der Waals surface area contributed by atoms with Gasteiger partial charge in [-0.25, -0.2) is 0 Å². The Hall–Kier alpha value is -1.04. The molecule has 0 nitrogen and oxygen atoms in total. The molecule has 0 atom stereocenters. The molecule has 0 bridgehead atoms. The molecule has 14 heavy (non-hydrogen) atoms. The zero-order valence-electron chi connectivity index (χ0n) is 8.92. The lowest BCUT2D eigenvalue weighted by molar-refractivity contribution is 0.490. The summed E-state index contributed by atoms with van der Waals surface area (Å²) in [5.74, 6) is 0. The second kappa shape index (κ2) is 3.61. The van der Waals surface area contributed by atoms with E-state index in [1.165, 1.54) is 36.8 Å². The van der Waals surface area contributed by atoms with E-state index in [1.807, 2.05) is 6.08 Å². The first kappa shape index (κ1) is 9.51. The summed E-state index contributed by atoms with van der Waals surface area (Å²) in [6.45, 7) is 6.29. The normalized spacial score (nSPS) is 19.5. The van der Waals surface area contributed by atoms with E-state index in [-0.39, 0.29) is 0 Å². The molecule has 1 fully saturated rings. The summed E-state index contributed by atoms with van der Waals surface area (Å²) in [6, 6.07) is 8.68. The van der Waals surface area contributed by atoms with Crippen LogP contribution in [0.3, 0.4) is 0 Å². The number of hydrogen-bond acceptors (Lipinski definition) is 0. The van der Waals surface area contributed by atoms with Crippen LogP contribution in [-0.4, -0.2) is 0 Å². The minimum atomic E-state index is 0.408. The molecule has 0 heterocycles. The molecule has 0 amide bonds. The van der Waals surface area contributed by atoms with E-state index in [0.29, 0.717) is 5.41 Å². The first-order valence-electron chi connectivity index (χ1n) is 5.48. The van der Waals surface area contributed by atoms with Crippen molar-refractivity contribution in [2.75, 3.05) is 0 Å². The molecule has 1 aliphatic carbocycles. The predicted molar refractivity (Wildman–Crippen MR) is 62.4 cm³/mol. The third kappa shape index (κ3) is 1.50. The van der Waals surface area contributed by atoms with Crippen molar-refractivity contribution in [3.8, 4) is 0 Å². The highest BCUT2D eigenvalue weighted by Crippen LogP contribution is 2.41. The maximum absolute atomic E-state index is 3.89. The summed E-state index contributed by atoms with van der Waals surface area (Å²) in [7, 11) is 0. The summed E-state index contributed by atoms with van der Waals surface area (Å²) < 4.78 is 0. The van der Waals surface area contributed by atoms with E-state index in [4.69, 9.17) is 0 Å². The Kier molecular flexibility index (Phi) is 2.45. The molecule has 0 aromatic heterocycles. The molecular formula is C14H18. The van der Waals surface area contributed by atoms with Gasteiger partial charge in [-0.2, -0.15) is 0 Å². The van der Waals surface area contributed by atoms with Crippen molar-refractivity contribution in [1.29, 1.82) is 0 Å². The molecule has 1 saturated carbocycles. The van der Waals surface area contributed by atoms with Gasteiger partial charge in [0, 0.05) is 0 Å². The van der Waals surface area contributed by atoms with Gasteiger partial charge in [0.15, 0.2) is 0 Å². The predicted octanol–water partition coefficient (Wildman–Crippen LogP) is 4.16. The second-order valence-corrected chi connectivity index (χ2v) is 4.56. The zero-order valence-corrected chi connectivity index (χ0v) is 8.92. The van der Waals surface area contributed by atoms with Crippen LogP contribution >= 0.6 is 0 Å². The highest BCUT2D eigenvalue weighted by molar-refractivity contribution is 5.54. The van der Waals surface area contributed by atoms with Crippen molar-refractivity contribution >= 4 is 6.08 Å². The molecule has 0 spiro atoms. The number of hydrogen-bond donors (Lipinski definition) is 0. The maximum atomic E-state index is 3.89.